The van der Waals surface area contributed by atoms with Crippen molar-refractivity contribution in [1.29, 1.82) is 0 Å². The van der Waals surface area contributed by atoms with Crippen molar-refractivity contribution in [3.05, 3.63) is 33.8 Å². The molecule has 1 rings (SSSR count). The average Bonchev–Trinajstić information content (AvgIpc) is 2.00. The summed E-state index contributed by atoms with van der Waals surface area (Å²) in [5.74, 6) is 2.60. The molecule has 0 heterocycles. The number of sulfone groups is 1. The fraction of sp³-hybridized carbons (Fsp3) is 0.200. The molecule has 1 aromatic carbocycles. The smallest absolute Gasteiger partial charge is 0.214 e. The first-order valence-corrected chi connectivity index (χ1v) is 6.56. The van der Waals surface area contributed by atoms with Gasteiger partial charge in [0.25, 0.3) is 0 Å². The highest BCUT2D eigenvalue weighted by Gasteiger charge is 1.97. The van der Waals surface area contributed by atoms with Crippen LogP contribution >= 0.6 is 15.9 Å². The Hall–Kier alpha value is -0.790. The van der Waals surface area contributed by atoms with Crippen LogP contribution in [0.5, 0.6) is 0 Å². The zero-order valence-electron chi connectivity index (χ0n) is 7.83. The van der Waals surface area contributed by atoms with Gasteiger partial charge in [-0.1, -0.05) is 6.07 Å². The molecule has 0 atom stereocenters. The molecule has 0 saturated carbocycles. The van der Waals surface area contributed by atoms with E-state index < -0.39 is 9.84 Å². The molecule has 0 bridgehead atoms. The van der Waals surface area contributed by atoms with E-state index in [1.165, 1.54) is 0 Å². The van der Waals surface area contributed by atoms with Crippen molar-refractivity contribution >= 4 is 25.8 Å². The molecule has 0 radical (unpaired) electrons. The Kier molecular flexibility index (Phi) is 3.35. The first-order chi connectivity index (χ1) is 6.38. The molecule has 0 aliphatic heterocycles. The third kappa shape index (κ3) is 3.52. The monoisotopic (exact) mass is 272 g/mol. The number of hydrogen-bond acceptors (Lipinski definition) is 2. The summed E-state index contributed by atoms with van der Waals surface area (Å²) in [4.78, 5) is 0. The fourth-order valence-electron chi connectivity index (χ4n) is 0.869. The van der Waals surface area contributed by atoms with Gasteiger partial charge < -0.3 is 0 Å². The molecule has 0 amide bonds. The van der Waals surface area contributed by atoms with Crippen molar-refractivity contribution in [1.82, 2.24) is 0 Å². The average molecular weight is 273 g/mol. The molecule has 2 nitrogen and oxygen atoms in total. The Morgan fingerprint density at radius 3 is 2.50 bits per heavy atom. The van der Waals surface area contributed by atoms with E-state index >= 15 is 0 Å². The van der Waals surface area contributed by atoms with Gasteiger partial charge in [0.15, 0.2) is 0 Å². The van der Waals surface area contributed by atoms with Crippen LogP contribution in [0.4, 0.5) is 0 Å². The third-order valence-electron chi connectivity index (χ3n) is 1.50. The first kappa shape index (κ1) is 11.3. The van der Waals surface area contributed by atoms with Crippen molar-refractivity contribution in [2.45, 2.75) is 6.92 Å². The predicted octanol–water partition coefficient (Wildman–Crippen LogP) is 2.11. The zero-order valence-corrected chi connectivity index (χ0v) is 10.2. The number of hydrogen-bond donors (Lipinski definition) is 0. The summed E-state index contributed by atoms with van der Waals surface area (Å²) >= 11 is 3.32. The van der Waals surface area contributed by atoms with Gasteiger partial charge in [-0.2, -0.15) is 0 Å². The largest absolute Gasteiger partial charge is 0.216 e. The molecule has 14 heavy (non-hydrogen) atoms. The van der Waals surface area contributed by atoms with Crippen LogP contribution in [0.2, 0.25) is 0 Å². The molecule has 74 valence electrons. The van der Waals surface area contributed by atoms with E-state index in [9.17, 15) is 8.42 Å². The molecular weight excluding hydrogens is 264 g/mol. The Balaban J connectivity index is 3.15. The molecule has 0 aliphatic rings. The summed E-state index contributed by atoms with van der Waals surface area (Å²) < 4.78 is 22.4. The summed E-state index contributed by atoms with van der Waals surface area (Å²) in [6.07, 6.45) is 1.09. The molecule has 0 N–H and O–H groups in total. The van der Waals surface area contributed by atoms with Crippen LogP contribution in [-0.4, -0.2) is 14.7 Å². The van der Waals surface area contributed by atoms with Gasteiger partial charge >= 0.3 is 0 Å². The van der Waals surface area contributed by atoms with E-state index in [0.717, 1.165) is 16.3 Å². The Morgan fingerprint density at radius 1 is 1.36 bits per heavy atom. The third-order valence-corrected chi connectivity index (χ3v) is 2.62. The van der Waals surface area contributed by atoms with Crippen molar-refractivity contribution in [3.8, 4) is 11.2 Å². The second-order valence-electron chi connectivity index (χ2n) is 2.98. The van der Waals surface area contributed by atoms with E-state index in [4.69, 9.17) is 0 Å². The van der Waals surface area contributed by atoms with Gasteiger partial charge in [-0.05, 0) is 46.5 Å². The van der Waals surface area contributed by atoms with E-state index in [1.807, 2.05) is 19.1 Å². The van der Waals surface area contributed by atoms with Crippen molar-refractivity contribution in [2.75, 3.05) is 6.26 Å². The minimum Gasteiger partial charge on any atom is -0.216 e. The van der Waals surface area contributed by atoms with Crippen molar-refractivity contribution < 1.29 is 8.42 Å². The lowest BCUT2D eigenvalue weighted by Crippen LogP contribution is -1.89. The minimum atomic E-state index is -3.23. The van der Waals surface area contributed by atoms with Crippen molar-refractivity contribution in [2.24, 2.45) is 0 Å². The predicted molar refractivity (Wildman–Crippen MR) is 60.6 cm³/mol. The Labute approximate surface area is 92.4 Å². The maximum atomic E-state index is 10.8. The van der Waals surface area contributed by atoms with Crippen LogP contribution in [0.15, 0.2) is 22.7 Å². The Bertz CT molecular complexity index is 507. The highest BCUT2D eigenvalue weighted by molar-refractivity contribution is 9.10. The molecule has 0 spiro atoms. The van der Waals surface area contributed by atoms with Gasteiger partial charge in [0.05, 0.1) is 6.26 Å². The maximum absolute atomic E-state index is 10.8. The lowest BCUT2D eigenvalue weighted by atomic mass is 10.2. The minimum absolute atomic E-state index is 0.682. The SMILES string of the molecule is Cc1ccc(C#CS(C)(=O)=O)c(Br)c1. The number of rotatable bonds is 0. The van der Waals surface area contributed by atoms with Gasteiger partial charge in [0, 0.05) is 15.3 Å². The highest BCUT2D eigenvalue weighted by atomic mass is 79.9. The van der Waals surface area contributed by atoms with Gasteiger partial charge in [0.1, 0.15) is 0 Å². The second-order valence-corrected chi connectivity index (χ2v) is 5.59. The summed E-state index contributed by atoms with van der Waals surface area (Å²) in [5.41, 5.74) is 1.78. The molecule has 0 aromatic heterocycles. The van der Waals surface area contributed by atoms with Crippen LogP contribution in [0.1, 0.15) is 11.1 Å². The Morgan fingerprint density at radius 2 is 2.00 bits per heavy atom. The number of benzene rings is 1. The fourth-order valence-corrected chi connectivity index (χ4v) is 1.76. The van der Waals surface area contributed by atoms with Gasteiger partial charge in [-0.15, -0.1) is 0 Å². The van der Waals surface area contributed by atoms with E-state index in [1.54, 1.807) is 6.07 Å². The first-order valence-electron chi connectivity index (χ1n) is 3.87. The standard InChI is InChI=1S/C10H9BrO2S/c1-8-3-4-9(10(11)7-8)5-6-14(2,12)13/h3-4,7H,1-2H3. The molecular formula is C10H9BrO2S. The summed E-state index contributed by atoms with van der Waals surface area (Å²) in [6, 6.07) is 5.57. The molecule has 1 aromatic rings. The zero-order chi connectivity index (χ0) is 10.8. The van der Waals surface area contributed by atoms with E-state index in [-0.39, 0.29) is 0 Å². The second kappa shape index (κ2) is 4.16. The van der Waals surface area contributed by atoms with Gasteiger partial charge in [0.2, 0.25) is 9.84 Å². The van der Waals surface area contributed by atoms with Crippen LogP contribution in [-0.2, 0) is 9.84 Å². The highest BCUT2D eigenvalue weighted by Crippen LogP contribution is 2.17. The summed E-state index contributed by atoms with van der Waals surface area (Å²) in [5, 5.41) is 2.19. The normalized spacial score (nSPS) is 10.5. The van der Waals surface area contributed by atoms with Gasteiger partial charge in [-0.25, -0.2) is 8.42 Å². The molecule has 0 unspecified atom stereocenters. The van der Waals surface area contributed by atoms with Crippen molar-refractivity contribution in [3.63, 3.8) is 0 Å². The number of aryl methyl sites for hydroxylation is 1. The quantitative estimate of drug-likeness (QED) is 0.678. The van der Waals surface area contributed by atoms with Crippen LogP contribution in [0.25, 0.3) is 0 Å². The molecule has 0 aliphatic carbocycles. The van der Waals surface area contributed by atoms with Gasteiger partial charge in [-0.3, -0.25) is 0 Å². The lowest BCUT2D eigenvalue weighted by Gasteiger charge is -1.96. The maximum Gasteiger partial charge on any atom is 0.214 e. The topological polar surface area (TPSA) is 34.1 Å². The summed E-state index contributed by atoms with van der Waals surface area (Å²) in [6.45, 7) is 1.96. The van der Waals surface area contributed by atoms with Crippen LogP contribution in [0.3, 0.4) is 0 Å². The molecule has 4 heteroatoms. The number of halogens is 1. The van der Waals surface area contributed by atoms with E-state index in [2.05, 4.69) is 27.1 Å². The van der Waals surface area contributed by atoms with Crippen LogP contribution < -0.4 is 0 Å². The van der Waals surface area contributed by atoms with E-state index in [0.29, 0.717) is 5.56 Å². The molecule has 0 saturated heterocycles. The molecule has 0 fully saturated rings. The summed E-state index contributed by atoms with van der Waals surface area (Å²) in [7, 11) is -3.23. The lowest BCUT2D eigenvalue weighted by molar-refractivity contribution is 0.611. The van der Waals surface area contributed by atoms with Crippen LogP contribution in [0, 0.1) is 18.1 Å².